The van der Waals surface area contributed by atoms with Crippen LogP contribution < -0.4 is 0 Å². The fourth-order valence-corrected chi connectivity index (χ4v) is 2.67. The summed E-state index contributed by atoms with van der Waals surface area (Å²) in [6, 6.07) is -1.25. The third-order valence-corrected chi connectivity index (χ3v) is 4.05. The first-order chi connectivity index (χ1) is 9.34. The molecule has 7 nitrogen and oxygen atoms in total. The van der Waals surface area contributed by atoms with Crippen LogP contribution in [0.4, 0.5) is 0 Å². The van der Waals surface area contributed by atoms with Crippen LogP contribution >= 0.6 is 0 Å². The standard InChI is InChI=1S/C13H21NO6/c1-14(6-2-4-8(15)12(19)10(6)17)7-3-5-9(16)13(20)11(7)18/h2-13,15-20H,1H3/t6-,7-,8+,9+,10+,11+,12+,13+/m0/s1. The average Bonchev–Trinajstić information content (AvgIpc) is 2.42. The number of aliphatic hydroxyl groups is 6. The van der Waals surface area contributed by atoms with Crippen LogP contribution in [-0.4, -0.2) is 91.3 Å². The molecule has 0 aromatic rings. The van der Waals surface area contributed by atoms with Gasteiger partial charge in [0.1, 0.15) is 36.6 Å². The predicted octanol–water partition coefficient (Wildman–Crippen LogP) is -3.04. The van der Waals surface area contributed by atoms with E-state index >= 15 is 0 Å². The Hall–Kier alpha value is -0.800. The lowest BCUT2D eigenvalue weighted by molar-refractivity contribution is -0.104. The maximum absolute atomic E-state index is 9.99. The van der Waals surface area contributed by atoms with Crippen molar-refractivity contribution < 1.29 is 30.6 Å². The van der Waals surface area contributed by atoms with Gasteiger partial charge in [0, 0.05) is 0 Å². The molecule has 2 rings (SSSR count). The maximum Gasteiger partial charge on any atom is 0.111 e. The molecule has 2 aliphatic rings. The first-order valence-electron chi connectivity index (χ1n) is 6.51. The molecular weight excluding hydrogens is 266 g/mol. The van der Waals surface area contributed by atoms with E-state index in [-0.39, 0.29) is 0 Å². The SMILES string of the molecule is CN([C@H]1C=C[C@@H](O)[C@@H](O)[C@@H]1O)[C@H]1C=C[C@@H](O)[C@@H](O)[C@@H]1O. The van der Waals surface area contributed by atoms with Gasteiger partial charge in [0.15, 0.2) is 0 Å². The molecule has 20 heavy (non-hydrogen) atoms. The first kappa shape index (κ1) is 15.6. The molecule has 114 valence electrons. The van der Waals surface area contributed by atoms with Crippen molar-refractivity contribution in [2.45, 2.75) is 48.7 Å². The van der Waals surface area contributed by atoms with Gasteiger partial charge in [0.05, 0.1) is 12.1 Å². The van der Waals surface area contributed by atoms with Crippen LogP contribution in [0.5, 0.6) is 0 Å². The summed E-state index contributed by atoms with van der Waals surface area (Å²) in [6.45, 7) is 0. The van der Waals surface area contributed by atoms with E-state index in [4.69, 9.17) is 0 Å². The fraction of sp³-hybridized carbons (Fsp3) is 0.692. The molecule has 0 aliphatic heterocycles. The molecule has 0 saturated carbocycles. The summed E-state index contributed by atoms with van der Waals surface area (Å²) in [7, 11) is 1.62. The van der Waals surface area contributed by atoms with Crippen LogP contribution in [0.25, 0.3) is 0 Å². The van der Waals surface area contributed by atoms with Crippen molar-refractivity contribution in [1.29, 1.82) is 0 Å². The summed E-state index contributed by atoms with van der Waals surface area (Å²) in [5.41, 5.74) is 0. The van der Waals surface area contributed by atoms with Gasteiger partial charge < -0.3 is 30.6 Å². The number of aliphatic hydroxyl groups excluding tert-OH is 6. The largest absolute Gasteiger partial charge is 0.388 e. The molecule has 6 N–H and O–H groups in total. The van der Waals surface area contributed by atoms with Gasteiger partial charge in [0.25, 0.3) is 0 Å². The van der Waals surface area contributed by atoms with E-state index in [1.807, 2.05) is 0 Å². The summed E-state index contributed by atoms with van der Waals surface area (Å²) >= 11 is 0. The molecule has 0 aromatic carbocycles. The Morgan fingerprint density at radius 2 is 0.950 bits per heavy atom. The maximum atomic E-state index is 9.99. The quantitative estimate of drug-likeness (QED) is 0.298. The van der Waals surface area contributed by atoms with Crippen LogP contribution in [0, 0.1) is 0 Å². The third kappa shape index (κ3) is 2.66. The fourth-order valence-electron chi connectivity index (χ4n) is 2.67. The summed E-state index contributed by atoms with van der Waals surface area (Å²) in [6.07, 6.45) is -1.48. The predicted molar refractivity (Wildman–Crippen MR) is 69.7 cm³/mol. The van der Waals surface area contributed by atoms with Gasteiger partial charge in [-0.25, -0.2) is 0 Å². The summed E-state index contributed by atoms with van der Waals surface area (Å²) < 4.78 is 0. The summed E-state index contributed by atoms with van der Waals surface area (Å²) in [5.74, 6) is 0. The van der Waals surface area contributed by atoms with Crippen LogP contribution in [-0.2, 0) is 0 Å². The van der Waals surface area contributed by atoms with E-state index in [1.54, 1.807) is 24.1 Å². The van der Waals surface area contributed by atoms with Gasteiger partial charge in [-0.15, -0.1) is 0 Å². The number of hydrogen-bond donors (Lipinski definition) is 6. The molecule has 0 bridgehead atoms. The Bertz CT molecular complexity index is 364. The lowest BCUT2D eigenvalue weighted by atomic mass is 9.88. The lowest BCUT2D eigenvalue weighted by Gasteiger charge is -2.43. The van der Waals surface area contributed by atoms with Gasteiger partial charge in [-0.3, -0.25) is 4.90 Å². The van der Waals surface area contributed by atoms with E-state index in [2.05, 4.69) is 0 Å². The number of nitrogens with zero attached hydrogens (tertiary/aromatic N) is 1. The highest BCUT2D eigenvalue weighted by molar-refractivity contribution is 5.16. The normalized spacial score (nSPS) is 48.8. The van der Waals surface area contributed by atoms with E-state index < -0.39 is 48.7 Å². The zero-order valence-corrected chi connectivity index (χ0v) is 11.1. The molecule has 0 aromatic heterocycles. The van der Waals surface area contributed by atoms with Crippen molar-refractivity contribution in [3.63, 3.8) is 0 Å². The van der Waals surface area contributed by atoms with Gasteiger partial charge in [-0.05, 0) is 7.05 Å². The van der Waals surface area contributed by atoms with E-state index in [9.17, 15) is 30.6 Å². The molecule has 2 aliphatic carbocycles. The van der Waals surface area contributed by atoms with Crippen LogP contribution in [0.1, 0.15) is 0 Å². The van der Waals surface area contributed by atoms with E-state index in [0.29, 0.717) is 0 Å². The molecule has 8 atom stereocenters. The second-order valence-electron chi connectivity index (χ2n) is 5.36. The molecule has 0 unspecified atom stereocenters. The minimum atomic E-state index is -1.31. The highest BCUT2D eigenvalue weighted by atomic mass is 16.4. The Morgan fingerprint density at radius 1 is 0.600 bits per heavy atom. The van der Waals surface area contributed by atoms with Crippen molar-refractivity contribution in [3.05, 3.63) is 24.3 Å². The molecule has 0 fully saturated rings. The first-order valence-corrected chi connectivity index (χ1v) is 6.51. The summed E-state index contributed by atoms with van der Waals surface area (Å²) in [4.78, 5) is 1.58. The number of rotatable bonds is 2. The van der Waals surface area contributed by atoms with Gasteiger partial charge in [-0.2, -0.15) is 0 Å². The van der Waals surface area contributed by atoms with Crippen molar-refractivity contribution >= 4 is 0 Å². The zero-order valence-electron chi connectivity index (χ0n) is 11.1. The molecule has 0 heterocycles. The zero-order chi connectivity index (χ0) is 15.0. The average molecular weight is 287 g/mol. The third-order valence-electron chi connectivity index (χ3n) is 4.05. The molecule has 0 spiro atoms. The van der Waals surface area contributed by atoms with Gasteiger partial charge >= 0.3 is 0 Å². The van der Waals surface area contributed by atoms with Crippen molar-refractivity contribution in [1.82, 2.24) is 4.90 Å². The Morgan fingerprint density at radius 3 is 1.30 bits per heavy atom. The highest BCUT2D eigenvalue weighted by Gasteiger charge is 2.41. The van der Waals surface area contributed by atoms with Gasteiger partial charge in [-0.1, -0.05) is 24.3 Å². The van der Waals surface area contributed by atoms with Crippen molar-refractivity contribution in [3.8, 4) is 0 Å². The molecule has 0 amide bonds. The lowest BCUT2D eigenvalue weighted by Crippen LogP contribution is -2.59. The monoisotopic (exact) mass is 287 g/mol. The smallest absolute Gasteiger partial charge is 0.111 e. The molecular formula is C13H21NO6. The minimum Gasteiger partial charge on any atom is -0.388 e. The summed E-state index contributed by atoms with van der Waals surface area (Å²) in [5, 5.41) is 58.2. The van der Waals surface area contributed by atoms with Crippen LogP contribution in [0.3, 0.4) is 0 Å². The van der Waals surface area contributed by atoms with Crippen molar-refractivity contribution in [2.24, 2.45) is 0 Å². The molecule has 7 heteroatoms. The van der Waals surface area contributed by atoms with E-state index in [1.165, 1.54) is 12.2 Å². The van der Waals surface area contributed by atoms with Crippen molar-refractivity contribution in [2.75, 3.05) is 7.05 Å². The highest BCUT2D eigenvalue weighted by Crippen LogP contribution is 2.24. The molecule has 0 radical (unpaired) electrons. The topological polar surface area (TPSA) is 125 Å². The Kier molecular flexibility index (Phi) is 4.60. The Labute approximate surface area is 116 Å². The Balaban J connectivity index is 2.17. The van der Waals surface area contributed by atoms with Crippen LogP contribution in [0.15, 0.2) is 24.3 Å². The van der Waals surface area contributed by atoms with Gasteiger partial charge in [0.2, 0.25) is 0 Å². The number of likely N-dealkylation sites (N-methyl/N-ethyl adjacent to an activating group) is 1. The van der Waals surface area contributed by atoms with Crippen LogP contribution in [0.2, 0.25) is 0 Å². The number of hydrogen-bond acceptors (Lipinski definition) is 7. The molecule has 0 saturated heterocycles. The minimum absolute atomic E-state index is 0.625. The second-order valence-corrected chi connectivity index (χ2v) is 5.36. The second kappa shape index (κ2) is 5.90. The van der Waals surface area contributed by atoms with E-state index in [0.717, 1.165) is 0 Å².